The van der Waals surface area contributed by atoms with Gasteiger partial charge >= 0.3 is 0 Å². The molecule has 0 aliphatic heterocycles. The molecule has 1 amide bonds. The van der Waals surface area contributed by atoms with Crippen LogP contribution in [0, 0.1) is 0 Å². The maximum Gasteiger partial charge on any atom is 0.281 e. The summed E-state index contributed by atoms with van der Waals surface area (Å²) in [5.41, 5.74) is 0.767. The molecule has 92 valence electrons. The van der Waals surface area contributed by atoms with Crippen LogP contribution in [0.5, 0.6) is 0 Å². The number of carbonyl (C=O) groups excluding carboxylic acids is 1. The highest BCUT2D eigenvalue weighted by molar-refractivity contribution is 9.10. The van der Waals surface area contributed by atoms with E-state index in [9.17, 15) is 10.0 Å². The Balaban J connectivity index is 2.23. The second-order valence-electron chi connectivity index (χ2n) is 3.60. The van der Waals surface area contributed by atoms with E-state index in [1.807, 2.05) is 0 Å². The van der Waals surface area contributed by atoms with E-state index >= 15 is 0 Å². The third-order valence-electron chi connectivity index (χ3n) is 2.35. The van der Waals surface area contributed by atoms with E-state index in [0.29, 0.717) is 21.3 Å². The van der Waals surface area contributed by atoms with E-state index in [-0.39, 0.29) is 0 Å². The van der Waals surface area contributed by atoms with Crippen LogP contribution in [0.1, 0.15) is 10.4 Å². The predicted molar refractivity (Wildman–Crippen MR) is 74.2 cm³/mol. The normalized spacial score (nSPS) is 10.2. The van der Waals surface area contributed by atoms with Gasteiger partial charge in [0.1, 0.15) is 0 Å². The Morgan fingerprint density at radius 2 is 1.61 bits per heavy atom. The third kappa shape index (κ3) is 2.90. The van der Waals surface area contributed by atoms with Crippen LogP contribution < -0.4 is 5.06 Å². The van der Waals surface area contributed by atoms with Crippen molar-refractivity contribution in [3.63, 3.8) is 0 Å². The lowest BCUT2D eigenvalue weighted by Gasteiger charge is -2.15. The van der Waals surface area contributed by atoms with Crippen LogP contribution >= 0.6 is 27.5 Å². The Bertz CT molecular complexity index is 554. The van der Waals surface area contributed by atoms with Gasteiger partial charge in [-0.3, -0.25) is 10.0 Å². The number of amides is 1. The second kappa shape index (κ2) is 5.52. The molecule has 0 saturated heterocycles. The molecule has 0 unspecified atom stereocenters. The van der Waals surface area contributed by atoms with Gasteiger partial charge in [0.2, 0.25) is 0 Å². The maximum atomic E-state index is 12.0. The van der Waals surface area contributed by atoms with Gasteiger partial charge in [0.15, 0.2) is 0 Å². The minimum absolute atomic E-state index is 0.368. The van der Waals surface area contributed by atoms with Gasteiger partial charge in [-0.05, 0) is 48.5 Å². The Labute approximate surface area is 118 Å². The number of anilines is 1. The van der Waals surface area contributed by atoms with Crippen LogP contribution in [0.4, 0.5) is 5.69 Å². The fourth-order valence-corrected chi connectivity index (χ4v) is 1.80. The van der Waals surface area contributed by atoms with Crippen LogP contribution in [-0.2, 0) is 0 Å². The molecule has 0 aliphatic rings. The number of hydroxylamine groups is 1. The molecule has 18 heavy (non-hydrogen) atoms. The molecule has 0 aromatic heterocycles. The van der Waals surface area contributed by atoms with E-state index in [1.54, 1.807) is 48.5 Å². The van der Waals surface area contributed by atoms with Crippen LogP contribution in [0.15, 0.2) is 53.0 Å². The first-order valence-corrected chi connectivity index (χ1v) is 6.29. The molecule has 1 N–H and O–H groups in total. The van der Waals surface area contributed by atoms with Crippen molar-refractivity contribution in [3.8, 4) is 0 Å². The first kappa shape index (κ1) is 13.1. The maximum absolute atomic E-state index is 12.0. The zero-order chi connectivity index (χ0) is 13.1. The number of hydrogen-bond acceptors (Lipinski definition) is 2. The van der Waals surface area contributed by atoms with Gasteiger partial charge < -0.3 is 0 Å². The monoisotopic (exact) mass is 325 g/mol. The lowest BCUT2D eigenvalue weighted by Crippen LogP contribution is -2.26. The summed E-state index contributed by atoms with van der Waals surface area (Å²) < 4.78 is 0.870. The average molecular weight is 327 g/mol. The summed E-state index contributed by atoms with van der Waals surface area (Å²) in [4.78, 5) is 12.0. The number of benzene rings is 2. The van der Waals surface area contributed by atoms with Crippen molar-refractivity contribution in [1.29, 1.82) is 0 Å². The summed E-state index contributed by atoms with van der Waals surface area (Å²) in [7, 11) is 0. The van der Waals surface area contributed by atoms with Crippen LogP contribution in [0.2, 0.25) is 5.02 Å². The molecule has 2 aromatic rings. The van der Waals surface area contributed by atoms with Gasteiger partial charge in [0, 0.05) is 15.1 Å². The number of nitrogens with zero attached hydrogens (tertiary/aromatic N) is 1. The number of halogens is 2. The van der Waals surface area contributed by atoms with Gasteiger partial charge in [-0.2, -0.15) is 5.06 Å². The van der Waals surface area contributed by atoms with Crippen molar-refractivity contribution in [1.82, 2.24) is 0 Å². The molecular formula is C13H9BrClNO2. The molecule has 0 heterocycles. The lowest BCUT2D eigenvalue weighted by molar-refractivity contribution is 0.0855. The molecule has 2 aromatic carbocycles. The van der Waals surface area contributed by atoms with E-state index in [4.69, 9.17) is 11.6 Å². The van der Waals surface area contributed by atoms with Gasteiger partial charge in [0.05, 0.1) is 5.69 Å². The van der Waals surface area contributed by atoms with E-state index in [2.05, 4.69) is 15.9 Å². The van der Waals surface area contributed by atoms with Crippen LogP contribution in [0.3, 0.4) is 0 Å². The highest BCUT2D eigenvalue weighted by Gasteiger charge is 2.15. The fraction of sp³-hybridized carbons (Fsp3) is 0. The largest absolute Gasteiger partial charge is 0.281 e. The molecule has 3 nitrogen and oxygen atoms in total. The van der Waals surface area contributed by atoms with Gasteiger partial charge in [-0.1, -0.05) is 27.5 Å². The van der Waals surface area contributed by atoms with Crippen LogP contribution in [0.25, 0.3) is 0 Å². The smallest absolute Gasteiger partial charge is 0.281 e. The molecule has 2 rings (SSSR count). The zero-order valence-corrected chi connectivity index (χ0v) is 11.5. The number of rotatable bonds is 2. The van der Waals surface area contributed by atoms with Crippen molar-refractivity contribution in [2.24, 2.45) is 0 Å². The van der Waals surface area contributed by atoms with Crippen molar-refractivity contribution in [2.45, 2.75) is 0 Å². The average Bonchev–Trinajstić information content (AvgIpc) is 2.39. The number of hydrogen-bond donors (Lipinski definition) is 1. The Morgan fingerprint density at radius 1 is 1.06 bits per heavy atom. The van der Waals surface area contributed by atoms with Crippen molar-refractivity contribution in [2.75, 3.05) is 5.06 Å². The molecule has 5 heteroatoms. The Hall–Kier alpha value is -1.36. The molecular weight excluding hydrogens is 318 g/mol. The Kier molecular flexibility index (Phi) is 4.01. The Morgan fingerprint density at radius 3 is 2.17 bits per heavy atom. The first-order chi connectivity index (χ1) is 8.58. The second-order valence-corrected chi connectivity index (χ2v) is 4.95. The summed E-state index contributed by atoms with van der Waals surface area (Å²) >= 11 is 9.02. The van der Waals surface area contributed by atoms with E-state index in [1.165, 1.54) is 0 Å². The highest BCUT2D eigenvalue weighted by atomic mass is 79.9. The molecule has 0 spiro atoms. The predicted octanol–water partition coefficient (Wildman–Crippen LogP) is 4.14. The van der Waals surface area contributed by atoms with Gasteiger partial charge in [0.25, 0.3) is 5.91 Å². The van der Waals surface area contributed by atoms with Crippen molar-refractivity contribution in [3.05, 3.63) is 63.6 Å². The standard InChI is InChI=1S/C13H9BrClNO2/c14-10-3-1-9(2-4-10)13(17)16(18)12-7-5-11(15)6-8-12/h1-8,18H. The minimum atomic E-state index is -0.496. The van der Waals surface area contributed by atoms with E-state index in [0.717, 1.165) is 4.47 Å². The first-order valence-electron chi connectivity index (χ1n) is 5.12. The van der Waals surface area contributed by atoms with Gasteiger partial charge in [-0.25, -0.2) is 0 Å². The molecule has 0 bridgehead atoms. The van der Waals surface area contributed by atoms with E-state index < -0.39 is 5.91 Å². The fourth-order valence-electron chi connectivity index (χ4n) is 1.41. The summed E-state index contributed by atoms with van der Waals surface area (Å²) in [5, 5.41) is 11.0. The third-order valence-corrected chi connectivity index (χ3v) is 3.14. The summed E-state index contributed by atoms with van der Waals surface area (Å²) in [6, 6.07) is 13.1. The molecule has 0 saturated carbocycles. The summed E-state index contributed by atoms with van der Waals surface area (Å²) in [6.45, 7) is 0. The number of carbonyl (C=O) groups is 1. The minimum Gasteiger partial charge on any atom is -0.281 e. The topological polar surface area (TPSA) is 40.5 Å². The quantitative estimate of drug-likeness (QED) is 0.665. The van der Waals surface area contributed by atoms with Gasteiger partial charge in [-0.15, -0.1) is 0 Å². The SMILES string of the molecule is O=C(c1ccc(Br)cc1)N(O)c1ccc(Cl)cc1. The molecule has 0 radical (unpaired) electrons. The highest BCUT2D eigenvalue weighted by Crippen LogP contribution is 2.19. The zero-order valence-electron chi connectivity index (χ0n) is 9.18. The molecule has 0 fully saturated rings. The van der Waals surface area contributed by atoms with Crippen LogP contribution in [-0.4, -0.2) is 11.1 Å². The van der Waals surface area contributed by atoms with Crippen molar-refractivity contribution >= 4 is 39.1 Å². The summed E-state index contributed by atoms with van der Waals surface area (Å²) in [5.74, 6) is -0.496. The molecule has 0 aliphatic carbocycles. The lowest BCUT2D eigenvalue weighted by atomic mass is 10.2. The van der Waals surface area contributed by atoms with Crippen molar-refractivity contribution < 1.29 is 10.0 Å². The summed E-state index contributed by atoms with van der Waals surface area (Å²) in [6.07, 6.45) is 0. The molecule has 0 atom stereocenters.